The highest BCUT2D eigenvalue weighted by molar-refractivity contribution is 5.94. The van der Waals surface area contributed by atoms with Gasteiger partial charge in [0, 0.05) is 50.2 Å². The standard InChI is InChI=1S/C24H31N3O2/c1-18-3-4-20(17-19(18)2)24(28)27-13-7-21(8-14-27)26-15-9-23(10-16-26)29-22-5-11-25-12-6-22/h3-6,11-12,17,21,23H,7-10,13-16H2,1-2H3. The van der Waals surface area contributed by atoms with Gasteiger partial charge in [-0.3, -0.25) is 14.7 Å². The van der Waals surface area contributed by atoms with Crippen LogP contribution in [0.1, 0.15) is 47.2 Å². The molecule has 5 nitrogen and oxygen atoms in total. The maximum atomic E-state index is 12.9. The summed E-state index contributed by atoms with van der Waals surface area (Å²) < 4.78 is 6.09. The van der Waals surface area contributed by atoms with Gasteiger partial charge in [0.1, 0.15) is 11.9 Å². The normalized spacial score (nSPS) is 19.3. The molecular weight excluding hydrogens is 362 g/mol. The van der Waals surface area contributed by atoms with E-state index in [1.807, 2.05) is 35.2 Å². The predicted molar refractivity (Wildman–Crippen MR) is 114 cm³/mol. The van der Waals surface area contributed by atoms with Crippen LogP contribution in [-0.2, 0) is 0 Å². The van der Waals surface area contributed by atoms with Gasteiger partial charge in [0.2, 0.25) is 0 Å². The second-order valence-electron chi connectivity index (χ2n) is 8.36. The molecule has 0 radical (unpaired) electrons. The first kappa shape index (κ1) is 19.9. The summed E-state index contributed by atoms with van der Waals surface area (Å²) in [6.07, 6.45) is 8.09. The number of piperidine rings is 2. The van der Waals surface area contributed by atoms with Gasteiger partial charge in [0.25, 0.3) is 5.91 Å². The Morgan fingerprint density at radius 1 is 0.931 bits per heavy atom. The minimum absolute atomic E-state index is 0.177. The van der Waals surface area contributed by atoms with Gasteiger partial charge in [-0.2, -0.15) is 0 Å². The van der Waals surface area contributed by atoms with Crippen molar-refractivity contribution in [3.63, 3.8) is 0 Å². The van der Waals surface area contributed by atoms with Crippen molar-refractivity contribution in [3.05, 3.63) is 59.4 Å². The quantitative estimate of drug-likeness (QED) is 0.792. The van der Waals surface area contributed by atoms with Gasteiger partial charge in [-0.15, -0.1) is 0 Å². The summed E-state index contributed by atoms with van der Waals surface area (Å²) >= 11 is 0. The molecule has 0 saturated carbocycles. The van der Waals surface area contributed by atoms with Crippen LogP contribution in [0.2, 0.25) is 0 Å². The topological polar surface area (TPSA) is 45.7 Å². The molecule has 1 amide bonds. The van der Waals surface area contributed by atoms with Gasteiger partial charge in [0.15, 0.2) is 0 Å². The second-order valence-corrected chi connectivity index (χ2v) is 8.36. The molecule has 4 rings (SSSR count). The van der Waals surface area contributed by atoms with Crippen LogP contribution in [0.3, 0.4) is 0 Å². The van der Waals surface area contributed by atoms with E-state index in [1.54, 1.807) is 12.4 Å². The molecule has 5 heteroatoms. The van der Waals surface area contributed by atoms with Crippen molar-refractivity contribution in [2.24, 2.45) is 0 Å². The minimum atomic E-state index is 0.177. The van der Waals surface area contributed by atoms with E-state index in [2.05, 4.69) is 23.7 Å². The lowest BCUT2D eigenvalue weighted by Gasteiger charge is -2.41. The number of amides is 1. The highest BCUT2D eigenvalue weighted by Gasteiger charge is 2.30. The fourth-order valence-corrected chi connectivity index (χ4v) is 4.46. The summed E-state index contributed by atoms with van der Waals surface area (Å²) in [7, 11) is 0. The molecule has 0 atom stereocenters. The van der Waals surface area contributed by atoms with Gasteiger partial charge >= 0.3 is 0 Å². The van der Waals surface area contributed by atoms with Gasteiger partial charge in [-0.1, -0.05) is 6.07 Å². The average Bonchev–Trinajstić information content (AvgIpc) is 2.77. The Morgan fingerprint density at radius 3 is 2.28 bits per heavy atom. The summed E-state index contributed by atoms with van der Waals surface area (Å²) in [5.41, 5.74) is 3.24. The van der Waals surface area contributed by atoms with Crippen molar-refractivity contribution in [1.82, 2.24) is 14.8 Å². The number of aryl methyl sites for hydroxylation is 2. The molecule has 3 heterocycles. The number of likely N-dealkylation sites (tertiary alicyclic amines) is 2. The fourth-order valence-electron chi connectivity index (χ4n) is 4.46. The molecule has 1 aromatic carbocycles. The van der Waals surface area contributed by atoms with Crippen LogP contribution in [0.4, 0.5) is 0 Å². The lowest BCUT2D eigenvalue weighted by atomic mass is 9.98. The third-order valence-electron chi connectivity index (χ3n) is 6.45. The summed E-state index contributed by atoms with van der Waals surface area (Å²) in [4.78, 5) is 21.5. The zero-order valence-corrected chi connectivity index (χ0v) is 17.5. The van der Waals surface area contributed by atoms with Gasteiger partial charge in [-0.05, 0) is 74.9 Å². The SMILES string of the molecule is Cc1ccc(C(=O)N2CCC(N3CCC(Oc4ccncc4)CC3)CC2)cc1C. The molecule has 0 unspecified atom stereocenters. The first-order valence-electron chi connectivity index (χ1n) is 10.8. The third kappa shape index (κ3) is 4.78. The molecule has 0 bridgehead atoms. The first-order valence-corrected chi connectivity index (χ1v) is 10.8. The molecule has 2 aliphatic rings. The maximum Gasteiger partial charge on any atom is 0.253 e. The zero-order chi connectivity index (χ0) is 20.2. The number of rotatable bonds is 4. The van der Waals surface area contributed by atoms with Gasteiger partial charge in [-0.25, -0.2) is 0 Å². The largest absolute Gasteiger partial charge is 0.490 e. The Bertz CT molecular complexity index is 823. The van der Waals surface area contributed by atoms with Crippen molar-refractivity contribution in [1.29, 1.82) is 0 Å². The molecule has 2 fully saturated rings. The maximum absolute atomic E-state index is 12.9. The number of benzene rings is 1. The van der Waals surface area contributed by atoms with Crippen LogP contribution < -0.4 is 4.74 Å². The van der Waals surface area contributed by atoms with Crippen LogP contribution >= 0.6 is 0 Å². The molecule has 154 valence electrons. The molecular formula is C24H31N3O2. The summed E-state index contributed by atoms with van der Waals surface area (Å²) in [5.74, 6) is 1.09. The molecule has 29 heavy (non-hydrogen) atoms. The van der Waals surface area contributed by atoms with Crippen LogP contribution in [0, 0.1) is 13.8 Å². The lowest BCUT2D eigenvalue weighted by molar-refractivity contribution is 0.0425. The molecule has 2 aliphatic heterocycles. The number of aromatic nitrogens is 1. The highest BCUT2D eigenvalue weighted by Crippen LogP contribution is 2.24. The summed E-state index contributed by atoms with van der Waals surface area (Å²) in [6, 6.07) is 10.5. The number of pyridine rings is 1. The molecule has 0 aliphatic carbocycles. The number of carbonyl (C=O) groups is 1. The Balaban J connectivity index is 1.25. The Kier molecular flexibility index (Phi) is 6.14. The van der Waals surface area contributed by atoms with Crippen molar-refractivity contribution >= 4 is 5.91 Å². The van der Waals surface area contributed by atoms with E-state index in [0.717, 1.165) is 63.2 Å². The lowest BCUT2D eigenvalue weighted by Crippen LogP contribution is -2.50. The number of hydrogen-bond acceptors (Lipinski definition) is 4. The van der Waals surface area contributed by atoms with Gasteiger partial charge in [0.05, 0.1) is 0 Å². The average molecular weight is 394 g/mol. The van der Waals surface area contributed by atoms with Crippen LogP contribution in [0.5, 0.6) is 5.75 Å². The van der Waals surface area contributed by atoms with Crippen molar-refractivity contribution < 1.29 is 9.53 Å². The molecule has 0 N–H and O–H groups in total. The van der Waals surface area contributed by atoms with Crippen molar-refractivity contribution in [3.8, 4) is 5.75 Å². The minimum Gasteiger partial charge on any atom is -0.490 e. The van der Waals surface area contributed by atoms with Gasteiger partial charge < -0.3 is 9.64 Å². The van der Waals surface area contributed by atoms with E-state index < -0.39 is 0 Å². The fraction of sp³-hybridized carbons (Fsp3) is 0.500. The highest BCUT2D eigenvalue weighted by atomic mass is 16.5. The summed E-state index contributed by atoms with van der Waals surface area (Å²) in [6.45, 7) is 8.01. The Labute approximate surface area is 173 Å². The molecule has 2 saturated heterocycles. The number of carbonyl (C=O) groups excluding carboxylic acids is 1. The molecule has 2 aromatic rings. The van der Waals surface area contributed by atoms with Crippen LogP contribution in [0.25, 0.3) is 0 Å². The Morgan fingerprint density at radius 2 is 1.62 bits per heavy atom. The van der Waals surface area contributed by atoms with Crippen LogP contribution in [-0.4, -0.2) is 59.0 Å². The zero-order valence-electron chi connectivity index (χ0n) is 17.5. The van der Waals surface area contributed by atoms with E-state index in [4.69, 9.17) is 4.74 Å². The number of nitrogens with zero attached hydrogens (tertiary/aromatic N) is 3. The van der Waals surface area contributed by atoms with E-state index in [-0.39, 0.29) is 5.91 Å². The summed E-state index contributed by atoms with van der Waals surface area (Å²) in [5, 5.41) is 0. The van der Waals surface area contributed by atoms with Crippen molar-refractivity contribution in [2.75, 3.05) is 26.2 Å². The smallest absolute Gasteiger partial charge is 0.253 e. The predicted octanol–water partition coefficient (Wildman–Crippen LogP) is 3.85. The Hall–Kier alpha value is -2.40. The number of hydrogen-bond donors (Lipinski definition) is 0. The first-order chi connectivity index (χ1) is 14.1. The van der Waals surface area contributed by atoms with Crippen LogP contribution in [0.15, 0.2) is 42.7 Å². The van der Waals surface area contributed by atoms with E-state index in [9.17, 15) is 4.79 Å². The molecule has 0 spiro atoms. The van der Waals surface area contributed by atoms with Crippen molar-refractivity contribution in [2.45, 2.75) is 51.7 Å². The van der Waals surface area contributed by atoms with E-state index >= 15 is 0 Å². The van der Waals surface area contributed by atoms with E-state index in [0.29, 0.717) is 12.1 Å². The monoisotopic (exact) mass is 393 g/mol. The number of ether oxygens (including phenoxy) is 1. The molecule has 1 aromatic heterocycles. The third-order valence-corrected chi connectivity index (χ3v) is 6.45. The van der Waals surface area contributed by atoms with E-state index in [1.165, 1.54) is 11.1 Å². The second kappa shape index (κ2) is 8.95.